The number of rotatable bonds is 4. The van der Waals surface area contributed by atoms with Gasteiger partial charge in [-0.1, -0.05) is 30.3 Å². The van der Waals surface area contributed by atoms with E-state index in [1.54, 1.807) is 32.0 Å². The lowest BCUT2D eigenvalue weighted by molar-refractivity contribution is -0.0260. The molecular weight excluding hydrogens is 270 g/mol. The summed E-state index contributed by atoms with van der Waals surface area (Å²) in [6.07, 6.45) is 0. The molecule has 0 aliphatic carbocycles. The lowest BCUT2D eigenvalue weighted by Crippen LogP contribution is -2.23. The highest BCUT2D eigenvalue weighted by Crippen LogP contribution is 2.30. The summed E-state index contributed by atoms with van der Waals surface area (Å²) in [5.41, 5.74) is 2.22. The first-order valence-electron chi connectivity index (χ1n) is 5.98. The van der Waals surface area contributed by atoms with Gasteiger partial charge in [-0.3, -0.25) is 4.68 Å². The number of hydrogen-bond donors (Lipinski definition) is 0. The molecule has 0 spiro atoms. The maximum absolute atomic E-state index is 14.2. The zero-order valence-electron chi connectivity index (χ0n) is 10.8. The van der Waals surface area contributed by atoms with Gasteiger partial charge in [0.25, 0.3) is 5.92 Å². The number of alkyl halides is 3. The van der Waals surface area contributed by atoms with Crippen molar-refractivity contribution in [3.63, 3.8) is 0 Å². The summed E-state index contributed by atoms with van der Waals surface area (Å²) in [7, 11) is 0. The van der Waals surface area contributed by atoms with E-state index < -0.39 is 12.5 Å². The van der Waals surface area contributed by atoms with Gasteiger partial charge in [0.05, 0.1) is 11.6 Å². The zero-order valence-corrected chi connectivity index (χ0v) is 11.6. The molecule has 2 aromatic rings. The Bertz CT molecular complexity index is 564. The highest BCUT2D eigenvalue weighted by molar-refractivity contribution is 6.17. The van der Waals surface area contributed by atoms with Crippen LogP contribution >= 0.6 is 11.6 Å². The molecule has 19 heavy (non-hydrogen) atoms. The first-order chi connectivity index (χ1) is 8.95. The van der Waals surface area contributed by atoms with Gasteiger partial charge in [-0.2, -0.15) is 13.9 Å². The summed E-state index contributed by atoms with van der Waals surface area (Å²) in [6.45, 7) is 3.07. The maximum Gasteiger partial charge on any atom is 0.292 e. The summed E-state index contributed by atoms with van der Waals surface area (Å²) >= 11 is 5.80. The Kier molecular flexibility index (Phi) is 3.90. The molecule has 2 nitrogen and oxygen atoms in total. The molecule has 0 radical (unpaired) electrons. The Morgan fingerprint density at radius 3 is 2.37 bits per heavy atom. The van der Waals surface area contributed by atoms with Crippen LogP contribution in [0.15, 0.2) is 30.3 Å². The van der Waals surface area contributed by atoms with Gasteiger partial charge in [-0.15, -0.1) is 11.6 Å². The van der Waals surface area contributed by atoms with Crippen molar-refractivity contribution in [2.75, 3.05) is 0 Å². The smallest absolute Gasteiger partial charge is 0.263 e. The van der Waals surface area contributed by atoms with Crippen LogP contribution in [0.3, 0.4) is 0 Å². The molecule has 0 N–H and O–H groups in total. The molecule has 0 atom stereocenters. The Morgan fingerprint density at radius 1 is 1.21 bits per heavy atom. The van der Waals surface area contributed by atoms with E-state index in [2.05, 4.69) is 5.10 Å². The minimum Gasteiger partial charge on any atom is -0.263 e. The molecule has 0 amide bonds. The van der Waals surface area contributed by atoms with Crippen LogP contribution in [0, 0.1) is 13.8 Å². The molecule has 1 aromatic heterocycles. The van der Waals surface area contributed by atoms with Crippen molar-refractivity contribution in [1.82, 2.24) is 9.78 Å². The molecule has 0 fully saturated rings. The Morgan fingerprint density at radius 2 is 1.84 bits per heavy atom. The van der Waals surface area contributed by atoms with Crippen LogP contribution in [0.2, 0.25) is 0 Å². The lowest BCUT2D eigenvalue weighted by atomic mass is 10.1. The molecular formula is C14H15ClF2N2. The fraction of sp³-hybridized carbons (Fsp3) is 0.357. The average Bonchev–Trinajstić information content (AvgIpc) is 2.64. The number of halogens is 3. The summed E-state index contributed by atoms with van der Waals surface area (Å²) in [4.78, 5) is 0. The quantitative estimate of drug-likeness (QED) is 0.775. The van der Waals surface area contributed by atoms with E-state index in [1.165, 1.54) is 16.8 Å². The molecule has 0 aliphatic heterocycles. The van der Waals surface area contributed by atoms with Gasteiger partial charge in [-0.25, -0.2) is 0 Å². The van der Waals surface area contributed by atoms with Crippen molar-refractivity contribution >= 4 is 11.6 Å². The van der Waals surface area contributed by atoms with Gasteiger partial charge in [0.2, 0.25) is 0 Å². The fourth-order valence-corrected chi connectivity index (χ4v) is 2.43. The Balaban J connectivity index is 2.31. The summed E-state index contributed by atoms with van der Waals surface area (Å²) in [5.74, 6) is -2.66. The second-order valence-electron chi connectivity index (χ2n) is 4.51. The van der Waals surface area contributed by atoms with Crippen molar-refractivity contribution in [3.05, 3.63) is 52.8 Å². The fourth-order valence-electron chi connectivity index (χ4n) is 2.04. The standard InChI is InChI=1S/C14H15ClF2N2/c1-10-13(8-15)11(2)19(18-10)9-14(16,17)12-6-4-3-5-7-12/h3-7H,8-9H2,1-2H3. The second-order valence-corrected chi connectivity index (χ2v) is 4.78. The van der Waals surface area contributed by atoms with Crippen molar-refractivity contribution in [2.24, 2.45) is 0 Å². The Hall–Kier alpha value is -1.42. The van der Waals surface area contributed by atoms with E-state index in [0.717, 1.165) is 5.56 Å². The van der Waals surface area contributed by atoms with Gasteiger partial charge in [0.15, 0.2) is 0 Å². The molecule has 5 heteroatoms. The van der Waals surface area contributed by atoms with Crippen LogP contribution in [0.4, 0.5) is 8.78 Å². The van der Waals surface area contributed by atoms with Crippen LogP contribution in [-0.4, -0.2) is 9.78 Å². The monoisotopic (exact) mass is 284 g/mol. The van der Waals surface area contributed by atoms with Crippen LogP contribution in [0.1, 0.15) is 22.5 Å². The first-order valence-corrected chi connectivity index (χ1v) is 6.51. The minimum absolute atomic E-state index is 0.00465. The van der Waals surface area contributed by atoms with Crippen LogP contribution in [0.5, 0.6) is 0 Å². The third kappa shape index (κ3) is 2.78. The van der Waals surface area contributed by atoms with Crippen molar-refractivity contribution in [1.29, 1.82) is 0 Å². The number of aryl methyl sites for hydroxylation is 1. The second kappa shape index (κ2) is 5.29. The summed E-state index contributed by atoms with van der Waals surface area (Å²) < 4.78 is 29.7. The predicted octanol–water partition coefficient (Wildman–Crippen LogP) is 4.03. The van der Waals surface area contributed by atoms with Gasteiger partial charge < -0.3 is 0 Å². The first kappa shape index (κ1) is 14.0. The van der Waals surface area contributed by atoms with E-state index in [0.29, 0.717) is 11.4 Å². The van der Waals surface area contributed by atoms with Crippen LogP contribution < -0.4 is 0 Å². The molecule has 0 unspecified atom stereocenters. The van der Waals surface area contributed by atoms with Crippen LogP contribution in [-0.2, 0) is 18.3 Å². The van der Waals surface area contributed by atoms with Crippen molar-refractivity contribution in [3.8, 4) is 0 Å². The molecule has 102 valence electrons. The third-order valence-electron chi connectivity index (χ3n) is 3.21. The number of benzene rings is 1. The van der Waals surface area contributed by atoms with Gasteiger partial charge in [0.1, 0.15) is 6.54 Å². The van der Waals surface area contributed by atoms with Gasteiger partial charge in [0, 0.05) is 16.8 Å². The van der Waals surface area contributed by atoms with E-state index in [4.69, 9.17) is 11.6 Å². The Labute approximate surface area is 116 Å². The summed E-state index contributed by atoms with van der Waals surface area (Å²) in [5, 5.41) is 4.14. The van der Waals surface area contributed by atoms with E-state index in [-0.39, 0.29) is 11.4 Å². The molecule has 0 aliphatic rings. The zero-order chi connectivity index (χ0) is 14.0. The average molecular weight is 285 g/mol. The lowest BCUT2D eigenvalue weighted by Gasteiger charge is -2.17. The SMILES string of the molecule is Cc1nn(CC(F)(F)c2ccccc2)c(C)c1CCl. The minimum atomic E-state index is -2.95. The topological polar surface area (TPSA) is 17.8 Å². The van der Waals surface area contributed by atoms with Gasteiger partial charge in [-0.05, 0) is 13.8 Å². The largest absolute Gasteiger partial charge is 0.292 e. The maximum atomic E-state index is 14.2. The normalized spacial score (nSPS) is 11.8. The molecule has 2 rings (SSSR count). The van der Waals surface area contributed by atoms with Crippen molar-refractivity contribution in [2.45, 2.75) is 32.2 Å². The van der Waals surface area contributed by atoms with Gasteiger partial charge >= 0.3 is 0 Å². The predicted molar refractivity (Wildman–Crippen MR) is 71.6 cm³/mol. The van der Waals surface area contributed by atoms with E-state index >= 15 is 0 Å². The molecule has 0 saturated carbocycles. The van der Waals surface area contributed by atoms with Crippen molar-refractivity contribution < 1.29 is 8.78 Å². The number of aromatic nitrogens is 2. The highest BCUT2D eigenvalue weighted by atomic mass is 35.5. The molecule has 0 bridgehead atoms. The molecule has 1 aromatic carbocycles. The molecule has 0 saturated heterocycles. The summed E-state index contributed by atoms with van der Waals surface area (Å²) in [6, 6.07) is 7.78. The number of nitrogens with zero attached hydrogens (tertiary/aromatic N) is 2. The highest BCUT2D eigenvalue weighted by Gasteiger charge is 2.33. The number of hydrogen-bond acceptors (Lipinski definition) is 1. The van der Waals surface area contributed by atoms with E-state index in [9.17, 15) is 8.78 Å². The third-order valence-corrected chi connectivity index (χ3v) is 3.48. The van der Waals surface area contributed by atoms with Crippen LogP contribution in [0.25, 0.3) is 0 Å². The molecule has 1 heterocycles. The van der Waals surface area contributed by atoms with E-state index in [1.807, 2.05) is 0 Å².